The maximum atomic E-state index is 13.2. The fourth-order valence-corrected chi connectivity index (χ4v) is 2.03. The monoisotopic (exact) mass is 257 g/mol. The summed E-state index contributed by atoms with van der Waals surface area (Å²) in [7, 11) is 0. The normalized spacial score (nSPS) is 15.5. The lowest BCUT2D eigenvalue weighted by molar-refractivity contribution is -0.110. The van der Waals surface area contributed by atoms with Gasteiger partial charge in [-0.25, -0.2) is 8.78 Å². The van der Waals surface area contributed by atoms with E-state index in [4.69, 9.17) is 0 Å². The Labute approximate surface area is 108 Å². The van der Waals surface area contributed by atoms with Gasteiger partial charge in [-0.15, -0.1) is 0 Å². The van der Waals surface area contributed by atoms with Crippen LogP contribution in [0, 0.1) is 11.6 Å². The number of carbonyl (C=O) groups is 1. The van der Waals surface area contributed by atoms with Crippen molar-refractivity contribution < 1.29 is 13.6 Å². The summed E-state index contributed by atoms with van der Waals surface area (Å²) in [6.07, 6.45) is 1.61. The molecular formula is C15H9F2NO. The zero-order chi connectivity index (χ0) is 13.4. The van der Waals surface area contributed by atoms with Gasteiger partial charge < -0.3 is 5.32 Å². The first kappa shape index (κ1) is 11.6. The second kappa shape index (κ2) is 4.31. The van der Waals surface area contributed by atoms with Crippen LogP contribution in [-0.2, 0) is 4.79 Å². The topological polar surface area (TPSA) is 29.1 Å². The minimum atomic E-state index is -0.403. The molecule has 19 heavy (non-hydrogen) atoms. The van der Waals surface area contributed by atoms with Crippen LogP contribution in [0.4, 0.5) is 14.5 Å². The van der Waals surface area contributed by atoms with Crippen LogP contribution in [0.25, 0.3) is 11.6 Å². The van der Waals surface area contributed by atoms with Crippen molar-refractivity contribution in [2.24, 2.45) is 0 Å². The van der Waals surface area contributed by atoms with Crippen molar-refractivity contribution >= 4 is 23.2 Å². The van der Waals surface area contributed by atoms with Crippen molar-refractivity contribution in [2.75, 3.05) is 5.32 Å². The SMILES string of the molecule is O=C1Nc2ccc(F)cc2/C1=C/c1ccc(F)cc1. The number of carbonyl (C=O) groups excluding carboxylic acids is 1. The molecule has 2 aromatic rings. The van der Waals surface area contributed by atoms with Gasteiger partial charge in [-0.1, -0.05) is 12.1 Å². The Hall–Kier alpha value is -2.49. The summed E-state index contributed by atoms with van der Waals surface area (Å²) in [4.78, 5) is 11.8. The Bertz CT molecular complexity index is 690. The van der Waals surface area contributed by atoms with Crippen molar-refractivity contribution in [3.05, 3.63) is 65.2 Å². The van der Waals surface area contributed by atoms with Crippen LogP contribution in [0.5, 0.6) is 0 Å². The molecule has 1 aliphatic heterocycles. The summed E-state index contributed by atoms with van der Waals surface area (Å²) in [5, 5.41) is 2.66. The maximum absolute atomic E-state index is 13.2. The third-order valence-corrected chi connectivity index (χ3v) is 2.95. The van der Waals surface area contributed by atoms with Crippen LogP contribution in [0.2, 0.25) is 0 Å². The van der Waals surface area contributed by atoms with Gasteiger partial charge in [0.2, 0.25) is 0 Å². The molecule has 4 heteroatoms. The Morgan fingerprint density at radius 2 is 1.63 bits per heavy atom. The lowest BCUT2D eigenvalue weighted by Crippen LogP contribution is -2.03. The van der Waals surface area contributed by atoms with E-state index in [1.54, 1.807) is 18.2 Å². The lowest BCUT2D eigenvalue weighted by Gasteiger charge is -1.99. The van der Waals surface area contributed by atoms with Crippen molar-refractivity contribution in [1.82, 2.24) is 0 Å². The largest absolute Gasteiger partial charge is 0.321 e. The number of amides is 1. The number of benzene rings is 2. The number of rotatable bonds is 1. The molecule has 0 aliphatic carbocycles. The second-order valence-corrected chi connectivity index (χ2v) is 4.25. The number of halogens is 2. The van der Waals surface area contributed by atoms with E-state index in [0.29, 0.717) is 22.4 Å². The number of hydrogen-bond acceptors (Lipinski definition) is 1. The van der Waals surface area contributed by atoms with Gasteiger partial charge >= 0.3 is 0 Å². The predicted octanol–water partition coefficient (Wildman–Crippen LogP) is 3.46. The Balaban J connectivity index is 2.08. The first-order chi connectivity index (χ1) is 9.13. The number of anilines is 1. The summed E-state index contributed by atoms with van der Waals surface area (Å²) < 4.78 is 26.1. The first-order valence-electron chi connectivity index (χ1n) is 5.72. The quantitative estimate of drug-likeness (QED) is 0.779. The van der Waals surface area contributed by atoms with E-state index >= 15 is 0 Å². The molecular weight excluding hydrogens is 248 g/mol. The first-order valence-corrected chi connectivity index (χ1v) is 5.72. The zero-order valence-corrected chi connectivity index (χ0v) is 9.78. The molecule has 0 saturated carbocycles. The third kappa shape index (κ3) is 2.12. The molecule has 0 spiro atoms. The molecule has 1 heterocycles. The van der Waals surface area contributed by atoms with Gasteiger partial charge in [0.15, 0.2) is 0 Å². The van der Waals surface area contributed by atoms with Gasteiger partial charge in [-0.3, -0.25) is 4.79 Å². The Kier molecular flexibility index (Phi) is 2.63. The molecule has 0 aromatic heterocycles. The molecule has 3 rings (SSSR count). The standard InChI is InChI=1S/C15H9F2NO/c16-10-3-1-9(2-4-10)7-13-12-8-11(17)5-6-14(12)18-15(13)19/h1-8H,(H,18,19)/b13-7-. The van der Waals surface area contributed by atoms with Gasteiger partial charge in [0.05, 0.1) is 0 Å². The fourth-order valence-electron chi connectivity index (χ4n) is 2.03. The fraction of sp³-hybridized carbons (Fsp3) is 0. The van der Waals surface area contributed by atoms with Crippen molar-refractivity contribution in [1.29, 1.82) is 0 Å². The molecule has 1 N–H and O–H groups in total. The average molecular weight is 257 g/mol. The van der Waals surface area contributed by atoms with Crippen LogP contribution in [0.15, 0.2) is 42.5 Å². The highest BCUT2D eigenvalue weighted by atomic mass is 19.1. The number of hydrogen-bond donors (Lipinski definition) is 1. The van der Waals surface area contributed by atoms with Crippen molar-refractivity contribution in [3.8, 4) is 0 Å². The van der Waals surface area contributed by atoms with Crippen LogP contribution in [0.3, 0.4) is 0 Å². The van der Waals surface area contributed by atoms with Crippen LogP contribution in [0.1, 0.15) is 11.1 Å². The molecule has 1 amide bonds. The summed E-state index contributed by atoms with van der Waals surface area (Å²) in [6.45, 7) is 0. The van der Waals surface area contributed by atoms with Gasteiger partial charge in [-0.05, 0) is 42.0 Å². The van der Waals surface area contributed by atoms with Crippen LogP contribution >= 0.6 is 0 Å². The van der Waals surface area contributed by atoms with E-state index in [9.17, 15) is 13.6 Å². The summed E-state index contributed by atoms with van der Waals surface area (Å²) in [6, 6.07) is 9.87. The molecule has 2 nitrogen and oxygen atoms in total. The lowest BCUT2D eigenvalue weighted by atomic mass is 10.0. The number of nitrogens with one attached hydrogen (secondary N) is 1. The molecule has 0 bridgehead atoms. The third-order valence-electron chi connectivity index (χ3n) is 2.95. The van der Waals surface area contributed by atoms with Crippen molar-refractivity contribution in [3.63, 3.8) is 0 Å². The van der Waals surface area contributed by atoms with E-state index in [1.165, 1.54) is 30.3 Å². The highest BCUT2D eigenvalue weighted by Crippen LogP contribution is 2.33. The van der Waals surface area contributed by atoms with Gasteiger partial charge in [0, 0.05) is 16.8 Å². The minimum Gasteiger partial charge on any atom is -0.321 e. The molecule has 1 aliphatic rings. The van der Waals surface area contributed by atoms with Gasteiger partial charge in [0.25, 0.3) is 5.91 Å². The van der Waals surface area contributed by atoms with Crippen LogP contribution in [-0.4, -0.2) is 5.91 Å². The van der Waals surface area contributed by atoms with E-state index < -0.39 is 5.82 Å². The highest BCUT2D eigenvalue weighted by Gasteiger charge is 2.24. The highest BCUT2D eigenvalue weighted by molar-refractivity contribution is 6.34. The number of fused-ring (bicyclic) bond motifs is 1. The molecule has 0 fully saturated rings. The maximum Gasteiger partial charge on any atom is 0.256 e. The Morgan fingerprint density at radius 1 is 0.947 bits per heavy atom. The summed E-state index contributed by atoms with van der Waals surface area (Å²) in [5.41, 5.74) is 2.17. The summed E-state index contributed by atoms with van der Waals surface area (Å²) in [5.74, 6) is -1.03. The second-order valence-electron chi connectivity index (χ2n) is 4.25. The van der Waals surface area contributed by atoms with Gasteiger partial charge in [-0.2, -0.15) is 0 Å². The molecule has 94 valence electrons. The van der Waals surface area contributed by atoms with E-state index in [2.05, 4.69) is 5.32 Å². The minimum absolute atomic E-state index is 0.287. The van der Waals surface area contributed by atoms with E-state index in [1.807, 2.05) is 0 Å². The molecule has 0 atom stereocenters. The van der Waals surface area contributed by atoms with E-state index in [0.717, 1.165) is 0 Å². The van der Waals surface area contributed by atoms with E-state index in [-0.39, 0.29) is 11.7 Å². The zero-order valence-electron chi connectivity index (χ0n) is 9.78. The van der Waals surface area contributed by atoms with Gasteiger partial charge in [0.1, 0.15) is 11.6 Å². The molecule has 0 radical (unpaired) electrons. The predicted molar refractivity (Wildman–Crippen MR) is 69.3 cm³/mol. The molecule has 0 saturated heterocycles. The molecule has 2 aromatic carbocycles. The van der Waals surface area contributed by atoms with Crippen molar-refractivity contribution in [2.45, 2.75) is 0 Å². The average Bonchev–Trinajstić information content (AvgIpc) is 2.69. The van der Waals surface area contributed by atoms with Crippen LogP contribution < -0.4 is 5.32 Å². The smallest absolute Gasteiger partial charge is 0.256 e. The molecule has 0 unspecified atom stereocenters. The summed E-state index contributed by atoms with van der Waals surface area (Å²) >= 11 is 0. The Morgan fingerprint density at radius 3 is 2.37 bits per heavy atom.